The van der Waals surface area contributed by atoms with E-state index in [1.807, 2.05) is 60.8 Å². The van der Waals surface area contributed by atoms with Crippen LogP contribution >= 0.6 is 0 Å². The summed E-state index contributed by atoms with van der Waals surface area (Å²) in [4.78, 5) is 16.6. The van der Waals surface area contributed by atoms with Gasteiger partial charge in [0.1, 0.15) is 0 Å². The lowest BCUT2D eigenvalue weighted by atomic mass is 10.1. The Morgan fingerprint density at radius 3 is 2.61 bits per heavy atom. The van der Waals surface area contributed by atoms with E-state index in [4.69, 9.17) is 9.72 Å². The van der Waals surface area contributed by atoms with Gasteiger partial charge in [-0.2, -0.15) is 0 Å². The molecular formula is C19H14N2O2. The van der Waals surface area contributed by atoms with Crippen LogP contribution in [0.5, 0.6) is 0 Å². The van der Waals surface area contributed by atoms with E-state index in [0.717, 1.165) is 27.8 Å². The quantitative estimate of drug-likeness (QED) is 0.527. The van der Waals surface area contributed by atoms with Gasteiger partial charge in [-0.3, -0.25) is 0 Å². The second kappa shape index (κ2) is 5.25. The lowest BCUT2D eigenvalue weighted by Crippen LogP contribution is -2.02. The van der Waals surface area contributed by atoms with Crippen molar-refractivity contribution in [3.63, 3.8) is 0 Å². The maximum atomic E-state index is 11.8. The lowest BCUT2D eigenvalue weighted by molar-refractivity contribution is 0.0601. The number of esters is 1. The number of rotatable bonds is 2. The molecule has 0 saturated heterocycles. The molecule has 0 unspecified atom stereocenters. The van der Waals surface area contributed by atoms with Crippen molar-refractivity contribution in [1.82, 2.24) is 9.38 Å². The van der Waals surface area contributed by atoms with E-state index in [1.54, 1.807) is 6.07 Å². The summed E-state index contributed by atoms with van der Waals surface area (Å²) in [5, 5.41) is 0. The summed E-state index contributed by atoms with van der Waals surface area (Å²) in [5.74, 6) is -0.348. The van der Waals surface area contributed by atoms with Gasteiger partial charge < -0.3 is 9.14 Å². The maximum absolute atomic E-state index is 11.8. The van der Waals surface area contributed by atoms with Crippen molar-refractivity contribution < 1.29 is 9.53 Å². The number of aromatic nitrogens is 2. The van der Waals surface area contributed by atoms with Crippen molar-refractivity contribution in [3.8, 4) is 11.3 Å². The Kier molecular flexibility index (Phi) is 3.08. The third kappa shape index (κ3) is 2.16. The van der Waals surface area contributed by atoms with Gasteiger partial charge in [0.25, 0.3) is 0 Å². The molecule has 0 spiro atoms. The fourth-order valence-corrected chi connectivity index (χ4v) is 2.83. The maximum Gasteiger partial charge on any atom is 0.337 e. The number of nitrogens with zero attached hydrogens (tertiary/aromatic N) is 2. The molecule has 0 aliphatic carbocycles. The van der Waals surface area contributed by atoms with Crippen molar-refractivity contribution in [2.45, 2.75) is 0 Å². The zero-order valence-corrected chi connectivity index (χ0v) is 12.6. The average Bonchev–Trinajstić information content (AvgIpc) is 3.10. The molecule has 4 nitrogen and oxygen atoms in total. The van der Waals surface area contributed by atoms with Gasteiger partial charge in [-0.15, -0.1) is 0 Å². The highest BCUT2D eigenvalue weighted by Crippen LogP contribution is 2.27. The fraction of sp³-hybridized carbons (Fsp3) is 0.0526. The number of ether oxygens (including phenoxy) is 1. The Bertz CT molecular complexity index is 1020. The smallest absolute Gasteiger partial charge is 0.337 e. The van der Waals surface area contributed by atoms with Crippen molar-refractivity contribution in [3.05, 3.63) is 72.4 Å². The molecule has 4 heteroatoms. The molecule has 4 rings (SSSR count). The molecule has 0 fully saturated rings. The van der Waals surface area contributed by atoms with Crippen molar-refractivity contribution in [2.24, 2.45) is 0 Å². The zero-order chi connectivity index (χ0) is 15.8. The number of hydrogen-bond acceptors (Lipinski definition) is 3. The van der Waals surface area contributed by atoms with E-state index < -0.39 is 0 Å². The molecule has 0 radical (unpaired) electrons. The number of carbonyl (C=O) groups excluding carboxylic acids is 1. The van der Waals surface area contributed by atoms with Crippen LogP contribution in [0.4, 0.5) is 0 Å². The molecule has 4 aromatic rings. The second-order valence-electron chi connectivity index (χ2n) is 5.28. The van der Waals surface area contributed by atoms with Gasteiger partial charge in [0.15, 0.2) is 0 Å². The van der Waals surface area contributed by atoms with Gasteiger partial charge >= 0.3 is 5.97 Å². The van der Waals surface area contributed by atoms with Crippen LogP contribution in [0.1, 0.15) is 10.4 Å². The van der Waals surface area contributed by atoms with Gasteiger partial charge in [0.2, 0.25) is 0 Å². The van der Waals surface area contributed by atoms with Crippen LogP contribution in [0.15, 0.2) is 66.9 Å². The molecule has 0 bridgehead atoms. The Morgan fingerprint density at radius 1 is 1.00 bits per heavy atom. The lowest BCUT2D eigenvalue weighted by Gasteiger charge is -2.10. The van der Waals surface area contributed by atoms with Crippen molar-refractivity contribution in [1.29, 1.82) is 0 Å². The number of carbonyl (C=O) groups is 1. The molecule has 0 N–H and O–H groups in total. The normalized spacial score (nSPS) is 11.0. The number of benzene rings is 2. The minimum Gasteiger partial charge on any atom is -0.465 e. The van der Waals surface area contributed by atoms with Crippen LogP contribution in [-0.2, 0) is 4.74 Å². The second-order valence-corrected chi connectivity index (χ2v) is 5.28. The molecule has 0 atom stereocenters. The molecule has 0 saturated carbocycles. The number of fused-ring (bicyclic) bond motifs is 3. The Balaban J connectivity index is 2.04. The van der Waals surface area contributed by atoms with Crippen LogP contribution in [-0.4, -0.2) is 22.5 Å². The molecule has 2 heterocycles. The Morgan fingerprint density at radius 2 is 1.83 bits per heavy atom. The number of methoxy groups -OCH3 is 1. The summed E-state index contributed by atoms with van der Waals surface area (Å²) >= 11 is 0. The largest absolute Gasteiger partial charge is 0.465 e. The molecular weight excluding hydrogens is 288 g/mol. The summed E-state index contributed by atoms with van der Waals surface area (Å²) in [5.41, 5.74) is 5.23. The first-order valence-electron chi connectivity index (χ1n) is 7.32. The molecule has 0 amide bonds. The van der Waals surface area contributed by atoms with Crippen molar-refractivity contribution in [2.75, 3.05) is 7.11 Å². The van der Waals surface area contributed by atoms with Crippen LogP contribution in [0.3, 0.4) is 0 Å². The minimum absolute atomic E-state index is 0.348. The first kappa shape index (κ1) is 13.5. The van der Waals surface area contributed by atoms with Crippen LogP contribution in [0.25, 0.3) is 27.8 Å². The van der Waals surface area contributed by atoms with Crippen LogP contribution in [0.2, 0.25) is 0 Å². The Labute approximate surface area is 133 Å². The van der Waals surface area contributed by atoms with Gasteiger partial charge in [0, 0.05) is 11.8 Å². The third-order valence-corrected chi connectivity index (χ3v) is 3.93. The van der Waals surface area contributed by atoms with Gasteiger partial charge in [-0.1, -0.05) is 30.3 Å². The number of hydrogen-bond donors (Lipinski definition) is 0. The summed E-state index contributed by atoms with van der Waals surface area (Å²) in [6.07, 6.45) is 1.98. The summed E-state index contributed by atoms with van der Waals surface area (Å²) in [6.45, 7) is 0. The van der Waals surface area contributed by atoms with Gasteiger partial charge in [-0.25, -0.2) is 9.78 Å². The van der Waals surface area contributed by atoms with E-state index in [-0.39, 0.29) is 5.97 Å². The zero-order valence-electron chi connectivity index (χ0n) is 12.6. The first-order valence-corrected chi connectivity index (χ1v) is 7.32. The topological polar surface area (TPSA) is 43.6 Å². The van der Waals surface area contributed by atoms with Crippen LogP contribution in [0, 0.1) is 0 Å². The molecule has 0 aliphatic rings. The molecule has 2 aromatic carbocycles. The minimum atomic E-state index is -0.348. The van der Waals surface area contributed by atoms with E-state index in [9.17, 15) is 4.79 Å². The Hall–Kier alpha value is -3.14. The monoisotopic (exact) mass is 302 g/mol. The summed E-state index contributed by atoms with van der Waals surface area (Å²) in [6, 6.07) is 19.5. The average molecular weight is 302 g/mol. The van der Waals surface area contributed by atoms with E-state index in [0.29, 0.717) is 5.56 Å². The van der Waals surface area contributed by atoms with Crippen LogP contribution < -0.4 is 0 Å². The highest BCUT2D eigenvalue weighted by atomic mass is 16.5. The predicted octanol–water partition coefficient (Wildman–Crippen LogP) is 3.94. The summed E-state index contributed by atoms with van der Waals surface area (Å²) < 4.78 is 6.86. The summed E-state index contributed by atoms with van der Waals surface area (Å²) in [7, 11) is 1.38. The highest BCUT2D eigenvalue weighted by molar-refractivity contribution is 5.95. The third-order valence-electron chi connectivity index (χ3n) is 3.93. The standard InChI is InChI=1S/C19H14N2O2/c1-23-19(22)14-9-10-15-17(12-14)21-11-5-8-16(21)18(20-15)13-6-3-2-4-7-13/h2-12H,1H3. The highest BCUT2D eigenvalue weighted by Gasteiger charge is 2.12. The SMILES string of the molecule is COC(=O)c1ccc2nc(-c3ccccc3)c3cccn3c2c1. The van der Waals surface area contributed by atoms with E-state index in [1.165, 1.54) is 7.11 Å². The molecule has 112 valence electrons. The fourth-order valence-electron chi connectivity index (χ4n) is 2.83. The molecule has 0 aliphatic heterocycles. The predicted molar refractivity (Wildman–Crippen MR) is 89.5 cm³/mol. The molecule has 23 heavy (non-hydrogen) atoms. The van der Waals surface area contributed by atoms with Gasteiger partial charge in [-0.05, 0) is 30.3 Å². The van der Waals surface area contributed by atoms with E-state index in [2.05, 4.69) is 4.40 Å². The molecule has 2 aromatic heterocycles. The van der Waals surface area contributed by atoms with Crippen molar-refractivity contribution >= 4 is 22.5 Å². The van der Waals surface area contributed by atoms with E-state index >= 15 is 0 Å². The van der Waals surface area contributed by atoms with Gasteiger partial charge in [0.05, 0.1) is 34.9 Å². The first-order chi connectivity index (χ1) is 11.3.